The van der Waals surface area contributed by atoms with Gasteiger partial charge in [-0.2, -0.15) is 5.10 Å². The Bertz CT molecular complexity index is 1230. The smallest absolute Gasteiger partial charge is 0.339 e. The van der Waals surface area contributed by atoms with Crippen molar-refractivity contribution >= 4 is 17.5 Å². The number of benzene rings is 2. The molecule has 2 aromatic carbocycles. The molecule has 2 aromatic heterocycles. The van der Waals surface area contributed by atoms with Crippen LogP contribution in [0, 0.1) is 6.92 Å². The van der Waals surface area contributed by atoms with Crippen LogP contribution < -0.4 is 5.32 Å². The van der Waals surface area contributed by atoms with Gasteiger partial charge >= 0.3 is 5.97 Å². The molecule has 0 atom stereocenters. The van der Waals surface area contributed by atoms with Crippen molar-refractivity contribution in [1.82, 2.24) is 14.8 Å². The lowest BCUT2D eigenvalue weighted by molar-refractivity contribution is 0.0602. The van der Waals surface area contributed by atoms with Gasteiger partial charge in [-0.3, -0.25) is 4.98 Å². The summed E-state index contributed by atoms with van der Waals surface area (Å²) in [6.45, 7) is 4.15. The molecule has 0 bridgehead atoms. The molecule has 4 rings (SSSR count). The number of aromatic nitrogens is 3. The number of rotatable bonds is 6. The van der Waals surface area contributed by atoms with E-state index in [1.165, 1.54) is 12.7 Å². The molecule has 156 valence electrons. The zero-order valence-corrected chi connectivity index (χ0v) is 17.8. The van der Waals surface area contributed by atoms with Gasteiger partial charge < -0.3 is 10.1 Å². The van der Waals surface area contributed by atoms with E-state index >= 15 is 0 Å². The van der Waals surface area contributed by atoms with Crippen LogP contribution in [0.4, 0.5) is 11.5 Å². The highest BCUT2D eigenvalue weighted by molar-refractivity contribution is 5.96. The third-order valence-electron chi connectivity index (χ3n) is 5.18. The molecule has 0 saturated heterocycles. The lowest BCUT2D eigenvalue weighted by atomic mass is 10.1. The van der Waals surface area contributed by atoms with Gasteiger partial charge in [0.2, 0.25) is 0 Å². The van der Waals surface area contributed by atoms with E-state index in [2.05, 4.69) is 29.4 Å². The summed E-state index contributed by atoms with van der Waals surface area (Å²) < 4.78 is 6.76. The fraction of sp³-hybridized carbons (Fsp3) is 0.160. The Morgan fingerprint density at radius 2 is 1.94 bits per heavy atom. The van der Waals surface area contributed by atoms with Gasteiger partial charge in [0, 0.05) is 17.8 Å². The molecule has 31 heavy (non-hydrogen) atoms. The van der Waals surface area contributed by atoms with Crippen LogP contribution in [0.1, 0.15) is 28.4 Å². The van der Waals surface area contributed by atoms with Crippen molar-refractivity contribution in [3.8, 4) is 16.9 Å². The van der Waals surface area contributed by atoms with Crippen LogP contribution in [-0.2, 0) is 11.2 Å². The number of hydrogen-bond acceptors (Lipinski definition) is 5. The minimum atomic E-state index is -0.400. The highest BCUT2D eigenvalue weighted by Crippen LogP contribution is 2.30. The largest absolute Gasteiger partial charge is 0.465 e. The Morgan fingerprint density at radius 3 is 2.71 bits per heavy atom. The van der Waals surface area contributed by atoms with Crippen molar-refractivity contribution in [1.29, 1.82) is 0 Å². The number of nitrogens with zero attached hydrogens (tertiary/aromatic N) is 3. The van der Waals surface area contributed by atoms with Crippen molar-refractivity contribution in [3.63, 3.8) is 0 Å². The van der Waals surface area contributed by atoms with Crippen molar-refractivity contribution in [2.75, 3.05) is 12.4 Å². The van der Waals surface area contributed by atoms with Crippen LogP contribution in [0.2, 0.25) is 0 Å². The molecular weight excluding hydrogens is 388 g/mol. The van der Waals surface area contributed by atoms with E-state index in [4.69, 9.17) is 9.84 Å². The second-order valence-corrected chi connectivity index (χ2v) is 7.20. The van der Waals surface area contributed by atoms with Crippen molar-refractivity contribution in [2.45, 2.75) is 20.3 Å². The van der Waals surface area contributed by atoms with Crippen molar-refractivity contribution in [2.24, 2.45) is 0 Å². The summed E-state index contributed by atoms with van der Waals surface area (Å²) in [6, 6.07) is 19.5. The van der Waals surface area contributed by atoms with Gasteiger partial charge in [-0.05, 0) is 48.7 Å². The number of hydrogen-bond donors (Lipinski definition) is 1. The standard InChI is InChI=1S/C25H24N4O2/c1-4-18-8-7-9-19(14-18)22-15-24(29(28-22)23-16-26-13-12-17(23)2)27-21-11-6-5-10-20(21)25(30)31-3/h5-16,27H,4H2,1-3H3. The van der Waals surface area contributed by atoms with Crippen molar-refractivity contribution in [3.05, 3.63) is 89.7 Å². The molecule has 0 aliphatic heterocycles. The Morgan fingerprint density at radius 1 is 1.10 bits per heavy atom. The number of aryl methyl sites for hydroxylation is 2. The van der Waals surface area contributed by atoms with Gasteiger partial charge in [0.1, 0.15) is 5.82 Å². The maximum Gasteiger partial charge on any atom is 0.339 e. The molecule has 0 saturated carbocycles. The molecule has 0 aliphatic carbocycles. The van der Waals surface area contributed by atoms with Crippen LogP contribution in [0.3, 0.4) is 0 Å². The molecule has 1 N–H and O–H groups in total. The summed E-state index contributed by atoms with van der Waals surface area (Å²) in [6.07, 6.45) is 4.49. The molecule has 6 heteroatoms. The fourth-order valence-corrected chi connectivity index (χ4v) is 3.44. The zero-order chi connectivity index (χ0) is 21.8. The van der Waals surface area contributed by atoms with Crippen LogP contribution in [-0.4, -0.2) is 27.8 Å². The Hall–Kier alpha value is -3.93. The predicted molar refractivity (Wildman–Crippen MR) is 122 cm³/mol. The molecule has 4 aromatic rings. The average molecular weight is 412 g/mol. The minimum Gasteiger partial charge on any atom is -0.465 e. The Labute approximate surface area is 181 Å². The SMILES string of the molecule is CCc1cccc(-c2cc(Nc3ccccc3C(=O)OC)n(-c3cnccc3C)n2)c1. The number of carbonyl (C=O) groups excluding carboxylic acids is 1. The van der Waals surface area contributed by atoms with Gasteiger partial charge in [-0.25, -0.2) is 9.48 Å². The number of carbonyl (C=O) groups is 1. The summed E-state index contributed by atoms with van der Waals surface area (Å²) in [5.74, 6) is 0.326. The monoisotopic (exact) mass is 412 g/mol. The normalized spacial score (nSPS) is 10.7. The molecule has 2 heterocycles. The number of nitrogens with one attached hydrogen (secondary N) is 1. The minimum absolute atomic E-state index is 0.400. The van der Waals surface area contributed by atoms with Gasteiger partial charge in [0.15, 0.2) is 0 Å². The number of para-hydroxylation sites is 1. The zero-order valence-electron chi connectivity index (χ0n) is 17.8. The first-order valence-electron chi connectivity index (χ1n) is 10.2. The Kier molecular flexibility index (Phi) is 5.80. The fourth-order valence-electron chi connectivity index (χ4n) is 3.44. The summed E-state index contributed by atoms with van der Waals surface area (Å²) in [4.78, 5) is 16.5. The maximum atomic E-state index is 12.2. The van der Waals surface area contributed by atoms with E-state index in [-0.39, 0.29) is 0 Å². The lowest BCUT2D eigenvalue weighted by Gasteiger charge is -2.13. The van der Waals surface area contributed by atoms with E-state index in [1.54, 1.807) is 18.5 Å². The summed E-state index contributed by atoms with van der Waals surface area (Å²) in [5, 5.41) is 8.25. The molecule has 0 spiro atoms. The summed E-state index contributed by atoms with van der Waals surface area (Å²) >= 11 is 0. The molecule has 0 aliphatic rings. The first-order valence-corrected chi connectivity index (χ1v) is 10.2. The van der Waals surface area contributed by atoms with Crippen LogP contribution in [0.5, 0.6) is 0 Å². The van der Waals surface area contributed by atoms with E-state index < -0.39 is 5.97 Å². The average Bonchev–Trinajstić information content (AvgIpc) is 3.23. The number of pyridine rings is 1. The number of anilines is 2. The second-order valence-electron chi connectivity index (χ2n) is 7.20. The quantitative estimate of drug-likeness (QED) is 0.433. The first kappa shape index (κ1) is 20.3. The lowest BCUT2D eigenvalue weighted by Crippen LogP contribution is -2.08. The summed E-state index contributed by atoms with van der Waals surface area (Å²) in [5.41, 5.74) is 6.10. The van der Waals surface area contributed by atoms with Crippen molar-refractivity contribution < 1.29 is 9.53 Å². The molecular formula is C25H24N4O2. The molecule has 0 unspecified atom stereocenters. The molecule has 6 nitrogen and oxygen atoms in total. The number of esters is 1. The van der Waals surface area contributed by atoms with E-state index in [0.717, 1.165) is 34.7 Å². The van der Waals surface area contributed by atoms with E-state index in [1.807, 2.05) is 54.1 Å². The Balaban J connectivity index is 1.84. The van der Waals surface area contributed by atoms with Gasteiger partial charge in [-0.15, -0.1) is 0 Å². The highest BCUT2D eigenvalue weighted by Gasteiger charge is 2.17. The summed E-state index contributed by atoms with van der Waals surface area (Å²) in [7, 11) is 1.38. The van der Waals surface area contributed by atoms with Crippen LogP contribution in [0.25, 0.3) is 16.9 Å². The third kappa shape index (κ3) is 4.19. The van der Waals surface area contributed by atoms with Crippen LogP contribution >= 0.6 is 0 Å². The van der Waals surface area contributed by atoms with Gasteiger partial charge in [0.05, 0.1) is 35.9 Å². The van der Waals surface area contributed by atoms with Gasteiger partial charge in [0.25, 0.3) is 0 Å². The van der Waals surface area contributed by atoms with Crippen LogP contribution in [0.15, 0.2) is 73.1 Å². The van der Waals surface area contributed by atoms with Gasteiger partial charge in [-0.1, -0.05) is 37.3 Å². The molecule has 0 amide bonds. The first-order chi connectivity index (χ1) is 15.1. The molecule has 0 fully saturated rings. The van der Waals surface area contributed by atoms with E-state index in [9.17, 15) is 4.79 Å². The molecule has 0 radical (unpaired) electrons. The predicted octanol–water partition coefficient (Wildman–Crippen LogP) is 5.34. The van der Waals surface area contributed by atoms with E-state index in [0.29, 0.717) is 11.3 Å². The highest BCUT2D eigenvalue weighted by atomic mass is 16.5. The number of ether oxygens (including phenoxy) is 1. The topological polar surface area (TPSA) is 69.0 Å². The number of methoxy groups -OCH3 is 1. The maximum absolute atomic E-state index is 12.2. The third-order valence-corrected chi connectivity index (χ3v) is 5.18. The second kappa shape index (κ2) is 8.83.